The molecule has 1 amide bonds. The first-order valence-electron chi connectivity index (χ1n) is 8.85. The molecule has 2 aromatic rings. The first-order chi connectivity index (χ1) is 12.9. The van der Waals surface area contributed by atoms with E-state index in [4.69, 9.17) is 35.4 Å². The molecule has 2 N–H and O–H groups in total. The van der Waals surface area contributed by atoms with Crippen LogP contribution in [0, 0.1) is 5.92 Å². The van der Waals surface area contributed by atoms with Crippen LogP contribution >= 0.6 is 35.4 Å². The number of rotatable bonds is 3. The highest BCUT2D eigenvalue weighted by Crippen LogP contribution is 2.31. The number of nitrogens with zero attached hydrogens (tertiary/aromatic N) is 1. The highest BCUT2D eigenvalue weighted by Gasteiger charge is 2.18. The lowest BCUT2D eigenvalue weighted by atomic mass is 9.99. The average molecular weight is 422 g/mol. The highest BCUT2D eigenvalue weighted by molar-refractivity contribution is 7.80. The monoisotopic (exact) mass is 421 g/mol. The molecular weight excluding hydrogens is 401 g/mol. The van der Waals surface area contributed by atoms with E-state index in [9.17, 15) is 4.79 Å². The van der Waals surface area contributed by atoms with Crippen LogP contribution in [0.1, 0.15) is 30.1 Å². The summed E-state index contributed by atoms with van der Waals surface area (Å²) >= 11 is 17.7. The first-order valence-corrected chi connectivity index (χ1v) is 10.0. The van der Waals surface area contributed by atoms with E-state index in [1.54, 1.807) is 24.3 Å². The molecule has 1 aliphatic heterocycles. The van der Waals surface area contributed by atoms with Gasteiger partial charge in [0.2, 0.25) is 0 Å². The fraction of sp³-hybridized carbons (Fsp3) is 0.300. The topological polar surface area (TPSA) is 44.4 Å². The number of hydrogen-bond donors (Lipinski definition) is 2. The van der Waals surface area contributed by atoms with Crippen LogP contribution in [0.15, 0.2) is 42.5 Å². The Hall–Kier alpha value is -1.82. The second-order valence-corrected chi connectivity index (χ2v) is 7.95. The van der Waals surface area contributed by atoms with Crippen molar-refractivity contribution in [2.45, 2.75) is 19.8 Å². The van der Waals surface area contributed by atoms with Gasteiger partial charge in [-0.3, -0.25) is 10.1 Å². The number of carbonyl (C=O) groups is 1. The third-order valence-electron chi connectivity index (χ3n) is 4.68. The third kappa shape index (κ3) is 5.12. The van der Waals surface area contributed by atoms with Crippen LogP contribution < -0.4 is 15.5 Å². The highest BCUT2D eigenvalue weighted by atomic mass is 35.5. The average Bonchev–Trinajstić information content (AvgIpc) is 2.63. The van der Waals surface area contributed by atoms with Crippen molar-refractivity contribution in [3.8, 4) is 0 Å². The molecule has 0 bridgehead atoms. The number of piperidine rings is 1. The Morgan fingerprint density at radius 2 is 1.81 bits per heavy atom. The molecule has 2 aromatic carbocycles. The van der Waals surface area contributed by atoms with Crippen molar-refractivity contribution in [1.29, 1.82) is 0 Å². The van der Waals surface area contributed by atoms with Crippen molar-refractivity contribution in [3.05, 3.63) is 58.1 Å². The Morgan fingerprint density at radius 3 is 2.48 bits per heavy atom. The van der Waals surface area contributed by atoms with Gasteiger partial charge in [-0.25, -0.2) is 0 Å². The van der Waals surface area contributed by atoms with Crippen LogP contribution in [0.4, 0.5) is 11.4 Å². The van der Waals surface area contributed by atoms with Crippen molar-refractivity contribution >= 4 is 57.8 Å². The molecule has 0 atom stereocenters. The van der Waals surface area contributed by atoms with E-state index in [0.717, 1.165) is 30.4 Å². The zero-order valence-corrected chi connectivity index (χ0v) is 17.3. The van der Waals surface area contributed by atoms with Gasteiger partial charge < -0.3 is 10.2 Å². The molecule has 0 spiro atoms. The van der Waals surface area contributed by atoms with Gasteiger partial charge in [0.15, 0.2) is 5.11 Å². The predicted molar refractivity (Wildman–Crippen MR) is 117 cm³/mol. The van der Waals surface area contributed by atoms with Crippen LogP contribution in [0.5, 0.6) is 0 Å². The second kappa shape index (κ2) is 8.91. The minimum absolute atomic E-state index is 0.190. The predicted octanol–water partition coefficient (Wildman–Crippen LogP) is 5.36. The molecule has 1 saturated heterocycles. The fourth-order valence-corrected chi connectivity index (χ4v) is 3.80. The molecule has 1 heterocycles. The SMILES string of the molecule is CC1CCN(c2ccc(NC(=S)NC(=O)c3ccccc3Cl)cc2Cl)CC1. The molecule has 0 saturated carbocycles. The maximum atomic E-state index is 12.3. The van der Waals surface area contributed by atoms with Gasteiger partial charge in [-0.1, -0.05) is 42.3 Å². The summed E-state index contributed by atoms with van der Waals surface area (Å²) in [4.78, 5) is 14.6. The molecule has 3 rings (SSSR count). The number of hydrogen-bond acceptors (Lipinski definition) is 3. The lowest BCUT2D eigenvalue weighted by Gasteiger charge is -2.32. The van der Waals surface area contributed by atoms with Gasteiger partial charge in [-0.15, -0.1) is 0 Å². The largest absolute Gasteiger partial charge is 0.370 e. The van der Waals surface area contributed by atoms with E-state index in [-0.39, 0.29) is 11.0 Å². The van der Waals surface area contributed by atoms with Gasteiger partial charge in [0.25, 0.3) is 5.91 Å². The minimum atomic E-state index is -0.358. The molecule has 1 fully saturated rings. The van der Waals surface area contributed by atoms with Crippen molar-refractivity contribution in [2.24, 2.45) is 5.92 Å². The minimum Gasteiger partial charge on any atom is -0.370 e. The fourth-order valence-electron chi connectivity index (χ4n) is 3.07. The number of amides is 1. The maximum Gasteiger partial charge on any atom is 0.258 e. The smallest absolute Gasteiger partial charge is 0.258 e. The van der Waals surface area contributed by atoms with Crippen molar-refractivity contribution in [1.82, 2.24) is 5.32 Å². The standard InChI is InChI=1S/C20H21Cl2N3OS/c1-13-8-10-25(11-9-13)18-7-6-14(12-17(18)22)23-20(27)24-19(26)15-4-2-3-5-16(15)21/h2-7,12-13H,8-11H2,1H3,(H2,23,24,26,27). The van der Waals surface area contributed by atoms with Crippen LogP contribution in [0.25, 0.3) is 0 Å². The molecule has 0 radical (unpaired) electrons. The van der Waals surface area contributed by atoms with Gasteiger partial charge in [0, 0.05) is 18.8 Å². The summed E-state index contributed by atoms with van der Waals surface area (Å²) < 4.78 is 0. The quantitative estimate of drug-likeness (QED) is 0.654. The summed E-state index contributed by atoms with van der Waals surface area (Å²) in [6.45, 7) is 4.31. The summed E-state index contributed by atoms with van der Waals surface area (Å²) in [5.41, 5.74) is 2.12. The first kappa shape index (κ1) is 19.9. The van der Waals surface area contributed by atoms with Crippen molar-refractivity contribution in [2.75, 3.05) is 23.3 Å². The zero-order chi connectivity index (χ0) is 19.4. The van der Waals surface area contributed by atoms with Crippen molar-refractivity contribution < 1.29 is 4.79 Å². The van der Waals surface area contributed by atoms with Crippen LogP contribution in [-0.2, 0) is 0 Å². The molecule has 0 aliphatic carbocycles. The van der Waals surface area contributed by atoms with Gasteiger partial charge in [-0.2, -0.15) is 0 Å². The van der Waals surface area contributed by atoms with Gasteiger partial charge in [0.05, 0.1) is 21.3 Å². The van der Waals surface area contributed by atoms with Crippen LogP contribution in [-0.4, -0.2) is 24.1 Å². The van der Waals surface area contributed by atoms with Crippen molar-refractivity contribution in [3.63, 3.8) is 0 Å². The van der Waals surface area contributed by atoms with E-state index >= 15 is 0 Å². The molecule has 0 unspecified atom stereocenters. The van der Waals surface area contributed by atoms with Crippen LogP contribution in [0.2, 0.25) is 10.0 Å². The summed E-state index contributed by atoms with van der Waals surface area (Å²) in [5, 5.41) is 6.85. The number of halogens is 2. The van der Waals surface area contributed by atoms with Gasteiger partial charge >= 0.3 is 0 Å². The lowest BCUT2D eigenvalue weighted by molar-refractivity contribution is 0.0978. The Bertz CT molecular complexity index is 851. The van der Waals surface area contributed by atoms with E-state index in [1.807, 2.05) is 18.2 Å². The zero-order valence-electron chi connectivity index (χ0n) is 15.0. The molecular formula is C20H21Cl2N3OS. The number of benzene rings is 2. The maximum absolute atomic E-state index is 12.3. The molecule has 7 heteroatoms. The van der Waals surface area contributed by atoms with Crippen LogP contribution in [0.3, 0.4) is 0 Å². The molecule has 27 heavy (non-hydrogen) atoms. The third-order valence-corrected chi connectivity index (χ3v) is 5.51. The molecule has 142 valence electrons. The Morgan fingerprint density at radius 1 is 1.11 bits per heavy atom. The van der Waals surface area contributed by atoms with Gasteiger partial charge in [0.1, 0.15) is 0 Å². The Kier molecular flexibility index (Phi) is 6.58. The normalized spacial score (nSPS) is 14.7. The summed E-state index contributed by atoms with van der Waals surface area (Å²) in [5.74, 6) is 0.406. The Labute approximate surface area is 174 Å². The molecule has 1 aliphatic rings. The summed E-state index contributed by atoms with van der Waals surface area (Å²) in [7, 11) is 0. The number of nitrogens with one attached hydrogen (secondary N) is 2. The number of thiocarbonyl (C=S) groups is 1. The summed E-state index contributed by atoms with van der Waals surface area (Å²) in [6, 6.07) is 12.5. The molecule has 4 nitrogen and oxygen atoms in total. The van der Waals surface area contributed by atoms with E-state index in [0.29, 0.717) is 15.6 Å². The number of anilines is 2. The van der Waals surface area contributed by atoms with E-state index < -0.39 is 0 Å². The molecule has 0 aromatic heterocycles. The van der Waals surface area contributed by atoms with E-state index in [1.165, 1.54) is 12.8 Å². The Balaban J connectivity index is 1.62. The van der Waals surface area contributed by atoms with E-state index in [2.05, 4.69) is 22.5 Å². The second-order valence-electron chi connectivity index (χ2n) is 6.72. The number of carbonyl (C=O) groups excluding carboxylic acids is 1. The lowest BCUT2D eigenvalue weighted by Crippen LogP contribution is -2.34. The summed E-state index contributed by atoms with van der Waals surface area (Å²) in [6.07, 6.45) is 2.35. The van der Waals surface area contributed by atoms with Gasteiger partial charge in [-0.05, 0) is 61.3 Å².